The molecule has 0 heterocycles. The summed E-state index contributed by atoms with van der Waals surface area (Å²) in [6, 6.07) is 1.60. The van der Waals surface area contributed by atoms with Gasteiger partial charge < -0.3 is 9.84 Å². The summed E-state index contributed by atoms with van der Waals surface area (Å²) in [6.45, 7) is 5.32. The van der Waals surface area contributed by atoms with E-state index in [-0.39, 0.29) is 17.5 Å². The highest BCUT2D eigenvalue weighted by Gasteiger charge is 2.20. The van der Waals surface area contributed by atoms with Crippen molar-refractivity contribution >= 4 is 21.7 Å². The van der Waals surface area contributed by atoms with Gasteiger partial charge in [-0.1, -0.05) is 13.8 Å². The quantitative estimate of drug-likeness (QED) is 0.867. The Morgan fingerprint density at radius 3 is 2.50 bits per heavy atom. The van der Waals surface area contributed by atoms with Crippen LogP contribution in [0.5, 0.6) is 11.5 Å². The Morgan fingerprint density at radius 1 is 1.50 bits per heavy atom. The van der Waals surface area contributed by atoms with E-state index in [0.717, 1.165) is 0 Å². The highest BCUT2D eigenvalue weighted by Crippen LogP contribution is 2.38. The number of ether oxygens (including phenoxy) is 1. The van der Waals surface area contributed by atoms with Crippen molar-refractivity contribution in [2.24, 2.45) is 5.92 Å². The highest BCUT2D eigenvalue weighted by molar-refractivity contribution is 9.10. The van der Waals surface area contributed by atoms with Crippen molar-refractivity contribution in [3.8, 4) is 11.5 Å². The van der Waals surface area contributed by atoms with Crippen LogP contribution >= 0.6 is 15.9 Å². The SMILES string of the molecule is COc1c(Br)cc(C(=O)C(C)C)c(O)c1C. The summed E-state index contributed by atoms with van der Waals surface area (Å²) >= 11 is 3.32. The normalized spacial score (nSPS) is 10.6. The first-order valence-corrected chi connectivity index (χ1v) is 5.79. The number of carbonyl (C=O) groups is 1. The van der Waals surface area contributed by atoms with E-state index in [1.165, 1.54) is 7.11 Å². The first kappa shape index (κ1) is 13.0. The molecule has 1 N–H and O–H groups in total. The Kier molecular flexibility index (Phi) is 3.97. The number of carbonyl (C=O) groups excluding carboxylic acids is 1. The van der Waals surface area contributed by atoms with Gasteiger partial charge in [-0.15, -0.1) is 0 Å². The molecule has 88 valence electrons. The average Bonchev–Trinajstić information content (AvgIpc) is 2.23. The third-order valence-electron chi connectivity index (χ3n) is 2.43. The van der Waals surface area contributed by atoms with Gasteiger partial charge in [-0.2, -0.15) is 0 Å². The van der Waals surface area contributed by atoms with Crippen LogP contribution in [-0.4, -0.2) is 18.0 Å². The van der Waals surface area contributed by atoms with Crippen LogP contribution in [-0.2, 0) is 0 Å². The lowest BCUT2D eigenvalue weighted by atomic mass is 9.98. The second-order valence-corrected chi connectivity index (χ2v) is 4.79. The van der Waals surface area contributed by atoms with Gasteiger partial charge in [0.1, 0.15) is 11.5 Å². The van der Waals surface area contributed by atoms with Crippen LogP contribution in [0.4, 0.5) is 0 Å². The highest BCUT2D eigenvalue weighted by atomic mass is 79.9. The molecule has 0 fully saturated rings. The predicted molar refractivity (Wildman–Crippen MR) is 66.3 cm³/mol. The van der Waals surface area contributed by atoms with Gasteiger partial charge in [0.2, 0.25) is 0 Å². The summed E-state index contributed by atoms with van der Waals surface area (Å²) in [4.78, 5) is 11.8. The third-order valence-corrected chi connectivity index (χ3v) is 3.02. The number of aromatic hydroxyl groups is 1. The summed E-state index contributed by atoms with van der Waals surface area (Å²) in [5.41, 5.74) is 0.904. The van der Waals surface area contributed by atoms with Crippen molar-refractivity contribution < 1.29 is 14.6 Å². The van der Waals surface area contributed by atoms with E-state index in [2.05, 4.69) is 15.9 Å². The zero-order valence-electron chi connectivity index (χ0n) is 9.80. The van der Waals surface area contributed by atoms with Gasteiger partial charge in [0, 0.05) is 11.5 Å². The standard InChI is InChI=1S/C12H15BrO3/c1-6(2)10(14)8-5-9(13)12(16-4)7(3)11(8)15/h5-6,15H,1-4H3. The van der Waals surface area contributed by atoms with E-state index < -0.39 is 0 Å². The molecular formula is C12H15BrO3. The third kappa shape index (κ3) is 2.21. The molecule has 0 aliphatic carbocycles. The van der Waals surface area contributed by atoms with Crippen LogP contribution in [0.3, 0.4) is 0 Å². The molecule has 3 nitrogen and oxygen atoms in total. The number of ketones is 1. The molecule has 0 saturated carbocycles. The monoisotopic (exact) mass is 286 g/mol. The molecule has 0 spiro atoms. The van der Waals surface area contributed by atoms with E-state index >= 15 is 0 Å². The number of phenols is 1. The fourth-order valence-corrected chi connectivity index (χ4v) is 2.19. The van der Waals surface area contributed by atoms with Gasteiger partial charge in [0.05, 0.1) is 17.1 Å². The van der Waals surface area contributed by atoms with Crippen LogP contribution in [0.2, 0.25) is 0 Å². The van der Waals surface area contributed by atoms with Crippen molar-refractivity contribution in [2.45, 2.75) is 20.8 Å². The van der Waals surface area contributed by atoms with E-state index in [1.807, 2.05) is 0 Å². The molecule has 1 aromatic carbocycles. The minimum Gasteiger partial charge on any atom is -0.507 e. The van der Waals surface area contributed by atoms with Gasteiger partial charge in [-0.25, -0.2) is 0 Å². The maximum atomic E-state index is 11.8. The van der Waals surface area contributed by atoms with Gasteiger partial charge in [-0.3, -0.25) is 4.79 Å². The lowest BCUT2D eigenvalue weighted by Crippen LogP contribution is -2.08. The summed E-state index contributed by atoms with van der Waals surface area (Å²) < 4.78 is 5.81. The number of halogens is 1. The Morgan fingerprint density at radius 2 is 2.06 bits per heavy atom. The molecule has 4 heteroatoms. The van der Waals surface area contributed by atoms with E-state index in [4.69, 9.17) is 4.74 Å². The zero-order chi connectivity index (χ0) is 12.5. The molecule has 0 saturated heterocycles. The van der Waals surface area contributed by atoms with Gasteiger partial charge in [0.25, 0.3) is 0 Å². The molecule has 1 rings (SSSR count). The first-order valence-electron chi connectivity index (χ1n) is 5.00. The first-order chi connectivity index (χ1) is 7.40. The van der Waals surface area contributed by atoms with Crippen molar-refractivity contribution in [2.75, 3.05) is 7.11 Å². The van der Waals surface area contributed by atoms with Gasteiger partial charge in [-0.05, 0) is 28.9 Å². The molecule has 0 radical (unpaired) electrons. The number of benzene rings is 1. The van der Waals surface area contributed by atoms with Crippen LogP contribution in [0, 0.1) is 12.8 Å². The molecule has 16 heavy (non-hydrogen) atoms. The molecule has 0 atom stereocenters. The molecule has 1 aromatic rings. The van der Waals surface area contributed by atoms with Crippen LogP contribution < -0.4 is 4.74 Å². The number of Topliss-reactive ketones (excluding diaryl/α,β-unsaturated/α-hetero) is 1. The maximum absolute atomic E-state index is 11.8. The molecule has 0 aliphatic heterocycles. The molecule has 0 amide bonds. The Labute approximate surface area is 104 Å². The Bertz CT molecular complexity index is 425. The number of methoxy groups -OCH3 is 1. The minimum absolute atomic E-state index is 0.00116. The zero-order valence-corrected chi connectivity index (χ0v) is 11.4. The maximum Gasteiger partial charge on any atom is 0.169 e. The topological polar surface area (TPSA) is 46.5 Å². The second kappa shape index (κ2) is 4.87. The molecular weight excluding hydrogens is 272 g/mol. The minimum atomic E-state index is -0.148. The smallest absolute Gasteiger partial charge is 0.169 e. The summed E-state index contributed by atoms with van der Waals surface area (Å²) in [5.74, 6) is 0.325. The van der Waals surface area contributed by atoms with Crippen molar-refractivity contribution in [3.05, 3.63) is 21.7 Å². The van der Waals surface area contributed by atoms with Crippen molar-refractivity contribution in [1.82, 2.24) is 0 Å². The van der Waals surface area contributed by atoms with Gasteiger partial charge in [0.15, 0.2) is 5.78 Å². The lowest BCUT2D eigenvalue weighted by molar-refractivity contribution is 0.0936. The van der Waals surface area contributed by atoms with Gasteiger partial charge >= 0.3 is 0 Å². The summed E-state index contributed by atoms with van der Waals surface area (Å²) in [5, 5.41) is 9.93. The number of rotatable bonds is 3. The Hall–Kier alpha value is -1.03. The molecule has 0 aliphatic rings. The fourth-order valence-electron chi connectivity index (χ4n) is 1.50. The molecule has 0 aromatic heterocycles. The van der Waals surface area contributed by atoms with Crippen molar-refractivity contribution in [3.63, 3.8) is 0 Å². The molecule has 0 unspecified atom stereocenters. The second-order valence-electron chi connectivity index (χ2n) is 3.93. The molecule has 0 bridgehead atoms. The van der Waals surface area contributed by atoms with Crippen LogP contribution in [0.1, 0.15) is 29.8 Å². The largest absolute Gasteiger partial charge is 0.507 e. The number of hydrogen-bond acceptors (Lipinski definition) is 3. The van der Waals surface area contributed by atoms with E-state index in [1.54, 1.807) is 26.8 Å². The summed E-state index contributed by atoms with van der Waals surface area (Å²) in [6.07, 6.45) is 0. The number of hydrogen-bond donors (Lipinski definition) is 1. The van der Waals surface area contributed by atoms with E-state index in [0.29, 0.717) is 21.3 Å². The van der Waals surface area contributed by atoms with Crippen LogP contribution in [0.25, 0.3) is 0 Å². The predicted octanol–water partition coefficient (Wildman–Crippen LogP) is 3.31. The van der Waals surface area contributed by atoms with E-state index in [9.17, 15) is 9.90 Å². The fraction of sp³-hybridized carbons (Fsp3) is 0.417. The Balaban J connectivity index is 3.40. The average molecular weight is 287 g/mol. The van der Waals surface area contributed by atoms with Crippen molar-refractivity contribution in [1.29, 1.82) is 0 Å². The summed E-state index contributed by atoms with van der Waals surface area (Å²) in [7, 11) is 1.52. The number of phenolic OH excluding ortho intramolecular Hbond substituents is 1. The lowest BCUT2D eigenvalue weighted by Gasteiger charge is -2.13. The van der Waals surface area contributed by atoms with Crippen LogP contribution in [0.15, 0.2) is 10.5 Å².